The first-order valence-corrected chi connectivity index (χ1v) is 6.98. The molecule has 1 saturated carbocycles. The molecule has 19 heavy (non-hydrogen) atoms. The van der Waals surface area contributed by atoms with E-state index in [-0.39, 0.29) is 5.91 Å². The van der Waals surface area contributed by atoms with Crippen LogP contribution in [-0.4, -0.2) is 19.6 Å². The van der Waals surface area contributed by atoms with Crippen molar-refractivity contribution >= 4 is 17.5 Å². The van der Waals surface area contributed by atoms with Crippen molar-refractivity contribution in [1.82, 2.24) is 5.32 Å². The van der Waals surface area contributed by atoms with Gasteiger partial charge in [-0.3, -0.25) is 4.79 Å². The van der Waals surface area contributed by atoms with Crippen LogP contribution >= 0.6 is 11.6 Å². The van der Waals surface area contributed by atoms with Gasteiger partial charge in [-0.05, 0) is 42.4 Å². The molecule has 104 valence electrons. The van der Waals surface area contributed by atoms with Crippen molar-refractivity contribution in [3.05, 3.63) is 28.8 Å². The largest absolute Gasteiger partial charge is 0.496 e. The second kappa shape index (κ2) is 5.41. The number of rotatable bonds is 5. The Hall–Kier alpha value is -1.22. The molecule has 3 nitrogen and oxygen atoms in total. The summed E-state index contributed by atoms with van der Waals surface area (Å²) in [5, 5.41) is 3.55. The first-order valence-electron chi connectivity index (χ1n) is 6.60. The summed E-state index contributed by atoms with van der Waals surface area (Å²) in [6.07, 6.45) is 2.38. The molecule has 1 aliphatic rings. The molecular formula is C15H20ClNO2. The zero-order chi connectivity index (χ0) is 14.0. The average molecular weight is 282 g/mol. The van der Waals surface area contributed by atoms with Gasteiger partial charge in [0.2, 0.25) is 0 Å². The Labute approximate surface area is 119 Å². The predicted octanol–water partition coefficient (Wildman–Crippen LogP) is 3.51. The summed E-state index contributed by atoms with van der Waals surface area (Å²) >= 11 is 5.94. The van der Waals surface area contributed by atoms with Crippen LogP contribution < -0.4 is 10.1 Å². The summed E-state index contributed by atoms with van der Waals surface area (Å²) < 4.78 is 5.20. The van der Waals surface area contributed by atoms with E-state index in [0.717, 1.165) is 6.54 Å². The summed E-state index contributed by atoms with van der Waals surface area (Å²) in [6.45, 7) is 5.14. The van der Waals surface area contributed by atoms with Crippen molar-refractivity contribution in [2.24, 2.45) is 11.3 Å². The average Bonchev–Trinajstić information content (AvgIpc) is 3.17. The van der Waals surface area contributed by atoms with E-state index in [0.29, 0.717) is 27.7 Å². The Bertz CT molecular complexity index is 481. The summed E-state index contributed by atoms with van der Waals surface area (Å²) in [7, 11) is 1.55. The van der Waals surface area contributed by atoms with Gasteiger partial charge in [-0.15, -0.1) is 0 Å². The van der Waals surface area contributed by atoms with Crippen LogP contribution in [0.2, 0.25) is 5.02 Å². The first-order chi connectivity index (χ1) is 8.98. The molecule has 1 aromatic carbocycles. The fraction of sp³-hybridized carbons (Fsp3) is 0.533. The molecule has 0 aromatic heterocycles. The number of hydrogen-bond donors (Lipinski definition) is 1. The lowest BCUT2D eigenvalue weighted by Gasteiger charge is -2.20. The molecule has 0 unspecified atom stereocenters. The topological polar surface area (TPSA) is 38.3 Å². The SMILES string of the molecule is COc1ccc(Cl)cc1C(=O)NCC1(C(C)C)CC1. The number of carbonyl (C=O) groups excluding carboxylic acids is 1. The monoisotopic (exact) mass is 281 g/mol. The fourth-order valence-electron chi connectivity index (χ4n) is 2.33. The Morgan fingerprint density at radius 1 is 1.47 bits per heavy atom. The van der Waals surface area contributed by atoms with E-state index < -0.39 is 0 Å². The van der Waals surface area contributed by atoms with Crippen molar-refractivity contribution in [2.75, 3.05) is 13.7 Å². The quantitative estimate of drug-likeness (QED) is 0.897. The number of amides is 1. The molecule has 0 radical (unpaired) electrons. The number of hydrogen-bond acceptors (Lipinski definition) is 2. The minimum absolute atomic E-state index is 0.119. The number of methoxy groups -OCH3 is 1. The standard InChI is InChI=1S/C15H20ClNO2/c1-10(2)15(6-7-15)9-17-14(18)12-8-11(16)4-5-13(12)19-3/h4-5,8,10H,6-7,9H2,1-3H3,(H,17,18). The van der Waals surface area contributed by atoms with Crippen LogP contribution in [0.1, 0.15) is 37.0 Å². The Balaban J connectivity index is 2.06. The highest BCUT2D eigenvalue weighted by Gasteiger charge is 2.45. The molecule has 0 bridgehead atoms. The Kier molecular flexibility index (Phi) is 4.04. The van der Waals surface area contributed by atoms with Crippen LogP contribution in [0, 0.1) is 11.3 Å². The molecule has 0 atom stereocenters. The molecule has 1 aromatic rings. The van der Waals surface area contributed by atoms with E-state index >= 15 is 0 Å². The van der Waals surface area contributed by atoms with Gasteiger partial charge >= 0.3 is 0 Å². The van der Waals surface area contributed by atoms with Gasteiger partial charge in [-0.1, -0.05) is 25.4 Å². The second-order valence-electron chi connectivity index (χ2n) is 5.54. The van der Waals surface area contributed by atoms with Gasteiger partial charge in [0.1, 0.15) is 5.75 Å². The highest BCUT2D eigenvalue weighted by Crippen LogP contribution is 2.51. The van der Waals surface area contributed by atoms with Crippen molar-refractivity contribution < 1.29 is 9.53 Å². The third kappa shape index (κ3) is 3.03. The van der Waals surface area contributed by atoms with Crippen molar-refractivity contribution in [3.8, 4) is 5.75 Å². The molecule has 1 N–H and O–H groups in total. The van der Waals surface area contributed by atoms with E-state index in [1.165, 1.54) is 12.8 Å². The lowest BCUT2D eigenvalue weighted by Crippen LogP contribution is -2.32. The predicted molar refractivity (Wildman–Crippen MR) is 76.8 cm³/mol. The van der Waals surface area contributed by atoms with Gasteiger partial charge in [-0.25, -0.2) is 0 Å². The van der Waals surface area contributed by atoms with Gasteiger partial charge in [0, 0.05) is 11.6 Å². The normalized spacial score (nSPS) is 16.3. The van der Waals surface area contributed by atoms with Gasteiger partial charge in [-0.2, -0.15) is 0 Å². The molecule has 1 aliphatic carbocycles. The van der Waals surface area contributed by atoms with Crippen LogP contribution in [0.3, 0.4) is 0 Å². The van der Waals surface area contributed by atoms with E-state index in [4.69, 9.17) is 16.3 Å². The zero-order valence-electron chi connectivity index (χ0n) is 11.6. The number of benzene rings is 1. The highest BCUT2D eigenvalue weighted by atomic mass is 35.5. The molecule has 1 amide bonds. The lowest BCUT2D eigenvalue weighted by molar-refractivity contribution is 0.0936. The maximum Gasteiger partial charge on any atom is 0.255 e. The van der Waals surface area contributed by atoms with E-state index in [1.54, 1.807) is 25.3 Å². The van der Waals surface area contributed by atoms with Gasteiger partial charge < -0.3 is 10.1 Å². The van der Waals surface area contributed by atoms with E-state index in [2.05, 4.69) is 19.2 Å². The minimum atomic E-state index is -0.119. The van der Waals surface area contributed by atoms with E-state index in [1.807, 2.05) is 0 Å². The Morgan fingerprint density at radius 3 is 2.68 bits per heavy atom. The molecule has 0 aliphatic heterocycles. The van der Waals surface area contributed by atoms with Crippen LogP contribution in [-0.2, 0) is 0 Å². The number of ether oxygens (including phenoxy) is 1. The lowest BCUT2D eigenvalue weighted by atomic mass is 9.92. The number of nitrogens with one attached hydrogen (secondary N) is 1. The van der Waals surface area contributed by atoms with Crippen LogP contribution in [0.4, 0.5) is 0 Å². The molecule has 0 spiro atoms. The van der Waals surface area contributed by atoms with Crippen LogP contribution in [0.5, 0.6) is 5.75 Å². The highest BCUT2D eigenvalue weighted by molar-refractivity contribution is 6.31. The zero-order valence-corrected chi connectivity index (χ0v) is 12.4. The summed E-state index contributed by atoms with van der Waals surface area (Å²) in [5.74, 6) is 1.02. The smallest absolute Gasteiger partial charge is 0.255 e. The maximum absolute atomic E-state index is 12.2. The molecule has 4 heteroatoms. The molecule has 2 rings (SSSR count). The molecule has 0 heterocycles. The molecule has 0 saturated heterocycles. The molecule has 1 fully saturated rings. The summed E-state index contributed by atoms with van der Waals surface area (Å²) in [5.41, 5.74) is 0.788. The first kappa shape index (κ1) is 14.2. The number of halogens is 1. The fourth-order valence-corrected chi connectivity index (χ4v) is 2.50. The Morgan fingerprint density at radius 2 is 2.16 bits per heavy atom. The van der Waals surface area contributed by atoms with Crippen LogP contribution in [0.15, 0.2) is 18.2 Å². The van der Waals surface area contributed by atoms with Crippen molar-refractivity contribution in [3.63, 3.8) is 0 Å². The summed E-state index contributed by atoms with van der Waals surface area (Å²) in [6, 6.07) is 5.07. The third-order valence-electron chi connectivity index (χ3n) is 4.12. The molecular weight excluding hydrogens is 262 g/mol. The second-order valence-corrected chi connectivity index (χ2v) is 5.98. The van der Waals surface area contributed by atoms with Crippen LogP contribution in [0.25, 0.3) is 0 Å². The van der Waals surface area contributed by atoms with Gasteiger partial charge in [0.05, 0.1) is 12.7 Å². The van der Waals surface area contributed by atoms with Crippen molar-refractivity contribution in [1.29, 1.82) is 0 Å². The van der Waals surface area contributed by atoms with Gasteiger partial charge in [0.25, 0.3) is 5.91 Å². The minimum Gasteiger partial charge on any atom is -0.496 e. The van der Waals surface area contributed by atoms with E-state index in [9.17, 15) is 4.79 Å². The van der Waals surface area contributed by atoms with Gasteiger partial charge in [0.15, 0.2) is 0 Å². The van der Waals surface area contributed by atoms with Crippen molar-refractivity contribution in [2.45, 2.75) is 26.7 Å². The summed E-state index contributed by atoms with van der Waals surface area (Å²) in [4.78, 5) is 12.2. The maximum atomic E-state index is 12.2. The third-order valence-corrected chi connectivity index (χ3v) is 4.36. The number of carbonyl (C=O) groups is 1.